The lowest BCUT2D eigenvalue weighted by molar-refractivity contribution is -0.121. The molecule has 0 radical (unpaired) electrons. The fourth-order valence-corrected chi connectivity index (χ4v) is 1.39. The second kappa shape index (κ2) is 4.82. The quantitative estimate of drug-likeness (QED) is 0.754. The van der Waals surface area contributed by atoms with E-state index in [-0.39, 0.29) is 17.5 Å². The van der Waals surface area contributed by atoms with Crippen LogP contribution in [0.2, 0.25) is 0 Å². The van der Waals surface area contributed by atoms with Crippen LogP contribution in [0.25, 0.3) is 0 Å². The first-order chi connectivity index (χ1) is 7.06. The summed E-state index contributed by atoms with van der Waals surface area (Å²) in [5.74, 6) is -0.703. The van der Waals surface area contributed by atoms with Gasteiger partial charge in [0.05, 0.1) is 5.92 Å². The minimum atomic E-state index is -0.384. The first-order valence-electron chi connectivity index (χ1n) is 5.11. The van der Waals surface area contributed by atoms with Gasteiger partial charge in [0.1, 0.15) is 0 Å². The third-order valence-electron chi connectivity index (χ3n) is 2.34. The minimum absolute atomic E-state index is 0.0787. The third-order valence-corrected chi connectivity index (χ3v) is 2.34. The zero-order valence-corrected chi connectivity index (χ0v) is 9.14. The predicted octanol–water partition coefficient (Wildman–Crippen LogP) is 0.181. The van der Waals surface area contributed by atoms with Crippen molar-refractivity contribution in [1.29, 1.82) is 0 Å². The maximum atomic E-state index is 11.7. The Morgan fingerprint density at radius 3 is 2.60 bits per heavy atom. The summed E-state index contributed by atoms with van der Waals surface area (Å²) < 4.78 is 3.15. The Balaban J connectivity index is 2.79. The molecule has 1 heterocycles. The molecule has 0 saturated heterocycles. The SMILES string of the molecule is CCCn1ccn(CC(C)C(N)=O)c1=O. The van der Waals surface area contributed by atoms with Gasteiger partial charge in [-0.15, -0.1) is 0 Å². The summed E-state index contributed by atoms with van der Waals surface area (Å²) in [6, 6.07) is 0. The maximum absolute atomic E-state index is 11.7. The van der Waals surface area contributed by atoms with Crippen molar-refractivity contribution in [2.45, 2.75) is 33.4 Å². The van der Waals surface area contributed by atoms with Gasteiger partial charge in [-0.05, 0) is 6.42 Å². The lowest BCUT2D eigenvalue weighted by Gasteiger charge is -2.06. The van der Waals surface area contributed by atoms with Crippen LogP contribution in [-0.4, -0.2) is 15.0 Å². The number of nitrogens with two attached hydrogens (primary N) is 1. The zero-order chi connectivity index (χ0) is 11.4. The molecule has 0 aliphatic rings. The van der Waals surface area contributed by atoms with Crippen molar-refractivity contribution in [2.75, 3.05) is 0 Å². The van der Waals surface area contributed by atoms with Gasteiger partial charge >= 0.3 is 5.69 Å². The fraction of sp³-hybridized carbons (Fsp3) is 0.600. The van der Waals surface area contributed by atoms with Crippen LogP contribution in [0.3, 0.4) is 0 Å². The van der Waals surface area contributed by atoms with Crippen LogP contribution in [0.5, 0.6) is 0 Å². The highest BCUT2D eigenvalue weighted by molar-refractivity contribution is 5.76. The largest absolute Gasteiger partial charge is 0.369 e. The van der Waals surface area contributed by atoms with Crippen LogP contribution < -0.4 is 11.4 Å². The summed E-state index contributed by atoms with van der Waals surface area (Å²) in [4.78, 5) is 22.5. The Labute approximate surface area is 88.5 Å². The Morgan fingerprint density at radius 1 is 1.47 bits per heavy atom. The van der Waals surface area contributed by atoms with Gasteiger partial charge in [-0.25, -0.2) is 4.79 Å². The van der Waals surface area contributed by atoms with Gasteiger partial charge in [0.2, 0.25) is 5.91 Å². The lowest BCUT2D eigenvalue weighted by Crippen LogP contribution is -2.30. The van der Waals surface area contributed by atoms with Gasteiger partial charge < -0.3 is 5.73 Å². The van der Waals surface area contributed by atoms with Gasteiger partial charge in [-0.3, -0.25) is 13.9 Å². The average Bonchev–Trinajstić information content (AvgIpc) is 2.50. The van der Waals surface area contributed by atoms with E-state index in [9.17, 15) is 9.59 Å². The van der Waals surface area contributed by atoms with Crippen molar-refractivity contribution in [1.82, 2.24) is 9.13 Å². The summed E-state index contributed by atoms with van der Waals surface area (Å²) >= 11 is 0. The molecule has 0 aliphatic heterocycles. The number of hydrogen-bond donors (Lipinski definition) is 1. The number of rotatable bonds is 5. The van der Waals surface area contributed by atoms with Gasteiger partial charge in [-0.2, -0.15) is 0 Å². The molecular formula is C10H17N3O2. The molecule has 1 aromatic rings. The first kappa shape index (κ1) is 11.6. The van der Waals surface area contributed by atoms with E-state index in [4.69, 9.17) is 5.73 Å². The molecule has 2 N–H and O–H groups in total. The van der Waals surface area contributed by atoms with Crippen LogP contribution in [0.15, 0.2) is 17.2 Å². The van der Waals surface area contributed by atoms with Crippen molar-refractivity contribution in [3.8, 4) is 0 Å². The molecule has 0 bridgehead atoms. The standard InChI is InChI=1S/C10H17N3O2/c1-3-4-12-5-6-13(10(12)15)7-8(2)9(11)14/h5-6,8H,3-4,7H2,1-2H3,(H2,11,14). The second-order valence-corrected chi connectivity index (χ2v) is 3.73. The Hall–Kier alpha value is -1.52. The molecular weight excluding hydrogens is 194 g/mol. The maximum Gasteiger partial charge on any atom is 0.328 e. The van der Waals surface area contributed by atoms with Crippen LogP contribution in [-0.2, 0) is 17.9 Å². The van der Waals surface area contributed by atoms with E-state index in [1.807, 2.05) is 6.92 Å². The van der Waals surface area contributed by atoms with Crippen molar-refractivity contribution < 1.29 is 4.79 Å². The van der Waals surface area contributed by atoms with Gasteiger partial charge in [0, 0.05) is 25.5 Å². The molecule has 0 fully saturated rings. The van der Waals surface area contributed by atoms with Crippen LogP contribution >= 0.6 is 0 Å². The van der Waals surface area contributed by atoms with E-state index in [1.54, 1.807) is 23.9 Å². The Kier molecular flexibility index (Phi) is 3.71. The zero-order valence-electron chi connectivity index (χ0n) is 9.14. The first-order valence-corrected chi connectivity index (χ1v) is 5.11. The molecule has 84 valence electrons. The van der Waals surface area contributed by atoms with E-state index < -0.39 is 0 Å². The Bertz CT molecular complexity index is 392. The molecule has 1 amide bonds. The highest BCUT2D eigenvalue weighted by Gasteiger charge is 2.11. The molecule has 0 spiro atoms. The molecule has 5 heteroatoms. The van der Waals surface area contributed by atoms with E-state index in [1.165, 1.54) is 4.57 Å². The summed E-state index contributed by atoms with van der Waals surface area (Å²) in [7, 11) is 0. The van der Waals surface area contributed by atoms with Gasteiger partial charge in [0.25, 0.3) is 0 Å². The number of primary amides is 1. The van der Waals surface area contributed by atoms with Crippen LogP contribution in [0, 0.1) is 5.92 Å². The van der Waals surface area contributed by atoms with Crippen molar-refractivity contribution in [3.05, 3.63) is 22.9 Å². The predicted molar refractivity (Wildman–Crippen MR) is 57.3 cm³/mol. The molecule has 0 aliphatic carbocycles. The summed E-state index contributed by atoms with van der Waals surface area (Å²) in [6.45, 7) is 4.78. The fourth-order valence-electron chi connectivity index (χ4n) is 1.39. The monoisotopic (exact) mass is 211 g/mol. The smallest absolute Gasteiger partial charge is 0.328 e. The summed E-state index contributed by atoms with van der Waals surface area (Å²) in [5, 5.41) is 0. The number of hydrogen-bond acceptors (Lipinski definition) is 2. The molecule has 1 atom stereocenters. The number of carbonyl (C=O) groups is 1. The second-order valence-electron chi connectivity index (χ2n) is 3.73. The van der Waals surface area contributed by atoms with Crippen molar-refractivity contribution in [2.24, 2.45) is 11.7 Å². The van der Waals surface area contributed by atoms with E-state index in [0.29, 0.717) is 13.1 Å². The number of aryl methyl sites for hydroxylation is 1. The number of nitrogens with zero attached hydrogens (tertiary/aromatic N) is 2. The highest BCUT2D eigenvalue weighted by atomic mass is 16.2. The lowest BCUT2D eigenvalue weighted by atomic mass is 10.2. The summed E-state index contributed by atoms with van der Waals surface area (Å²) in [6.07, 6.45) is 4.34. The molecule has 15 heavy (non-hydrogen) atoms. The molecule has 0 saturated carbocycles. The van der Waals surface area contributed by atoms with Gasteiger partial charge in [0.15, 0.2) is 0 Å². The normalized spacial score (nSPS) is 12.7. The number of amides is 1. The van der Waals surface area contributed by atoms with Gasteiger partial charge in [-0.1, -0.05) is 13.8 Å². The van der Waals surface area contributed by atoms with Crippen molar-refractivity contribution in [3.63, 3.8) is 0 Å². The van der Waals surface area contributed by atoms with E-state index >= 15 is 0 Å². The topological polar surface area (TPSA) is 70.0 Å². The van der Waals surface area contributed by atoms with Crippen LogP contribution in [0.4, 0.5) is 0 Å². The number of imidazole rings is 1. The molecule has 5 nitrogen and oxygen atoms in total. The molecule has 1 aromatic heterocycles. The van der Waals surface area contributed by atoms with E-state index in [2.05, 4.69) is 0 Å². The highest BCUT2D eigenvalue weighted by Crippen LogP contribution is 1.97. The molecule has 1 rings (SSSR count). The number of carbonyl (C=O) groups excluding carboxylic acids is 1. The summed E-state index contributed by atoms with van der Waals surface area (Å²) in [5.41, 5.74) is 5.06. The minimum Gasteiger partial charge on any atom is -0.369 e. The van der Waals surface area contributed by atoms with Crippen LogP contribution in [0.1, 0.15) is 20.3 Å². The molecule has 0 aromatic carbocycles. The third kappa shape index (κ3) is 2.71. The molecule has 1 unspecified atom stereocenters. The van der Waals surface area contributed by atoms with Crippen molar-refractivity contribution >= 4 is 5.91 Å². The van der Waals surface area contributed by atoms with E-state index in [0.717, 1.165) is 6.42 Å². The Morgan fingerprint density at radius 2 is 2.07 bits per heavy atom. The number of aromatic nitrogens is 2. The average molecular weight is 211 g/mol.